The van der Waals surface area contributed by atoms with Gasteiger partial charge < -0.3 is 15.7 Å². The first-order valence-electron chi connectivity index (χ1n) is 7.09. The van der Waals surface area contributed by atoms with Gasteiger partial charge in [-0.2, -0.15) is 0 Å². The fraction of sp³-hybridized carbons (Fsp3) is 0.857. The van der Waals surface area contributed by atoms with Crippen LogP contribution in [0.4, 0.5) is 4.79 Å². The molecule has 0 radical (unpaired) electrons. The van der Waals surface area contributed by atoms with Gasteiger partial charge >= 0.3 is 12.0 Å². The molecule has 1 atom stereocenters. The molecule has 2 amide bonds. The van der Waals surface area contributed by atoms with Crippen LogP contribution in [0, 0.1) is 17.3 Å². The predicted molar refractivity (Wildman–Crippen MR) is 71.8 cm³/mol. The smallest absolute Gasteiger partial charge is 0.326 e. The third-order valence-electron chi connectivity index (χ3n) is 3.95. The van der Waals surface area contributed by atoms with Gasteiger partial charge in [0, 0.05) is 6.04 Å². The second kappa shape index (κ2) is 5.02. The van der Waals surface area contributed by atoms with Crippen molar-refractivity contribution in [2.75, 3.05) is 0 Å². The van der Waals surface area contributed by atoms with Gasteiger partial charge in [0.25, 0.3) is 0 Å². The van der Waals surface area contributed by atoms with Gasteiger partial charge in [-0.15, -0.1) is 0 Å². The van der Waals surface area contributed by atoms with E-state index in [1.165, 1.54) is 25.7 Å². The first-order chi connectivity index (χ1) is 8.79. The fourth-order valence-electron chi connectivity index (χ4n) is 2.50. The molecular weight excluding hydrogens is 244 g/mol. The van der Waals surface area contributed by atoms with Crippen LogP contribution >= 0.6 is 0 Å². The topological polar surface area (TPSA) is 78.4 Å². The lowest BCUT2D eigenvalue weighted by Crippen LogP contribution is -2.54. The Balaban J connectivity index is 1.89. The zero-order valence-electron chi connectivity index (χ0n) is 11.9. The van der Waals surface area contributed by atoms with Crippen LogP contribution in [0.5, 0.6) is 0 Å². The van der Waals surface area contributed by atoms with Crippen LogP contribution in [0.15, 0.2) is 0 Å². The van der Waals surface area contributed by atoms with E-state index in [0.717, 1.165) is 0 Å². The Kier molecular flexibility index (Phi) is 3.74. The summed E-state index contributed by atoms with van der Waals surface area (Å²) in [5.41, 5.74) is -0.502. The van der Waals surface area contributed by atoms with Gasteiger partial charge in [0.2, 0.25) is 0 Å². The number of amides is 2. The minimum absolute atomic E-state index is 0.245. The van der Waals surface area contributed by atoms with E-state index in [1.54, 1.807) is 0 Å². The second-order valence-corrected chi connectivity index (χ2v) is 6.96. The summed E-state index contributed by atoms with van der Waals surface area (Å²) in [6.07, 6.45) is 4.73. The summed E-state index contributed by atoms with van der Waals surface area (Å²) in [7, 11) is 0. The number of urea groups is 1. The zero-order valence-corrected chi connectivity index (χ0v) is 11.9. The van der Waals surface area contributed by atoms with Crippen molar-refractivity contribution in [2.45, 2.75) is 58.5 Å². The largest absolute Gasteiger partial charge is 0.480 e. The molecule has 3 N–H and O–H groups in total. The van der Waals surface area contributed by atoms with Crippen LogP contribution in [0.25, 0.3) is 0 Å². The summed E-state index contributed by atoms with van der Waals surface area (Å²) in [6.45, 7) is 5.43. The molecule has 19 heavy (non-hydrogen) atoms. The van der Waals surface area contributed by atoms with Gasteiger partial charge in [-0.05, 0) is 42.9 Å². The number of carboxylic acid groups (broad SMARTS) is 1. The van der Waals surface area contributed by atoms with Crippen molar-refractivity contribution in [2.24, 2.45) is 17.3 Å². The van der Waals surface area contributed by atoms with Crippen molar-refractivity contribution in [3.63, 3.8) is 0 Å². The highest BCUT2D eigenvalue weighted by atomic mass is 16.4. The van der Waals surface area contributed by atoms with Crippen LogP contribution in [0.3, 0.4) is 0 Å². The molecule has 0 aromatic rings. The first kappa shape index (κ1) is 14.2. The normalized spacial score (nSPS) is 21.1. The number of rotatable bonds is 5. The number of hydrogen-bond donors (Lipinski definition) is 3. The molecule has 5 nitrogen and oxygen atoms in total. The molecule has 0 aromatic carbocycles. The van der Waals surface area contributed by atoms with Gasteiger partial charge in [-0.3, -0.25) is 0 Å². The summed E-state index contributed by atoms with van der Waals surface area (Å²) in [5.74, 6) is 0.226. The van der Waals surface area contributed by atoms with Gasteiger partial charge in [0.1, 0.15) is 6.04 Å². The molecule has 0 aromatic heterocycles. The molecule has 0 saturated heterocycles. The van der Waals surface area contributed by atoms with Gasteiger partial charge in [0.05, 0.1) is 0 Å². The Morgan fingerprint density at radius 2 is 1.53 bits per heavy atom. The lowest BCUT2D eigenvalue weighted by Gasteiger charge is -2.29. The summed E-state index contributed by atoms with van der Waals surface area (Å²) < 4.78 is 0. The minimum Gasteiger partial charge on any atom is -0.480 e. The van der Waals surface area contributed by atoms with Crippen molar-refractivity contribution in [3.05, 3.63) is 0 Å². The third-order valence-corrected chi connectivity index (χ3v) is 3.95. The van der Waals surface area contributed by atoms with Crippen molar-refractivity contribution in [3.8, 4) is 0 Å². The van der Waals surface area contributed by atoms with E-state index in [4.69, 9.17) is 0 Å². The average molecular weight is 268 g/mol. The number of carboxylic acids is 1. The molecular formula is C14H24N2O3. The number of nitrogens with one attached hydrogen (secondary N) is 2. The van der Waals surface area contributed by atoms with Crippen LogP contribution in [0.1, 0.15) is 46.5 Å². The van der Waals surface area contributed by atoms with Crippen molar-refractivity contribution < 1.29 is 14.7 Å². The van der Waals surface area contributed by atoms with Crippen molar-refractivity contribution in [1.29, 1.82) is 0 Å². The Morgan fingerprint density at radius 1 is 1.05 bits per heavy atom. The lowest BCUT2D eigenvalue weighted by atomic mass is 9.87. The molecule has 2 saturated carbocycles. The molecule has 2 aliphatic rings. The number of aliphatic carboxylic acids is 1. The van der Waals surface area contributed by atoms with Gasteiger partial charge in [-0.1, -0.05) is 20.8 Å². The monoisotopic (exact) mass is 268 g/mol. The van der Waals surface area contributed by atoms with Crippen LogP contribution in [0.2, 0.25) is 0 Å². The average Bonchev–Trinajstić information content (AvgIpc) is 3.14. The van der Waals surface area contributed by atoms with Crippen LogP contribution in [-0.4, -0.2) is 29.2 Å². The number of carbonyl (C=O) groups excluding carboxylic acids is 1. The quantitative estimate of drug-likeness (QED) is 0.713. The molecule has 2 rings (SSSR count). The molecule has 0 spiro atoms. The Morgan fingerprint density at radius 3 is 1.84 bits per heavy atom. The molecule has 108 valence electrons. The Hall–Kier alpha value is -1.26. The standard InChI is InChI=1S/C14H24N2O3/c1-14(2,3)11(12(17)18)16-13(19)15-10(8-4-5-8)9-6-7-9/h8-11H,4-7H2,1-3H3,(H,17,18)(H2,15,16,19)/t11-/m0/s1. The maximum Gasteiger partial charge on any atom is 0.326 e. The van der Waals surface area contributed by atoms with E-state index in [1.807, 2.05) is 20.8 Å². The SMILES string of the molecule is CC(C)(C)[C@@H](NC(=O)NC(C1CC1)C1CC1)C(=O)O. The summed E-state index contributed by atoms with van der Waals surface area (Å²) >= 11 is 0. The lowest BCUT2D eigenvalue weighted by molar-refractivity contribution is -0.141. The summed E-state index contributed by atoms with van der Waals surface area (Å²) in [5, 5.41) is 14.8. The second-order valence-electron chi connectivity index (χ2n) is 6.96. The highest BCUT2D eigenvalue weighted by molar-refractivity contribution is 5.83. The maximum atomic E-state index is 12.0. The van der Waals surface area contributed by atoms with Gasteiger partial charge in [-0.25, -0.2) is 9.59 Å². The Labute approximate surface area is 114 Å². The predicted octanol–water partition coefficient (Wildman–Crippen LogP) is 1.97. The molecule has 0 aliphatic heterocycles. The molecule has 2 fully saturated rings. The van der Waals surface area contributed by atoms with E-state index in [9.17, 15) is 14.7 Å². The van der Waals surface area contributed by atoms with Crippen LogP contribution < -0.4 is 10.6 Å². The number of carbonyl (C=O) groups is 2. The first-order valence-corrected chi connectivity index (χ1v) is 7.09. The molecule has 0 unspecified atom stereocenters. The van der Waals surface area contributed by atoms with Crippen molar-refractivity contribution >= 4 is 12.0 Å². The van der Waals surface area contributed by atoms with E-state index >= 15 is 0 Å². The van der Waals surface area contributed by atoms with Crippen LogP contribution in [-0.2, 0) is 4.79 Å². The van der Waals surface area contributed by atoms with E-state index in [0.29, 0.717) is 11.8 Å². The summed E-state index contributed by atoms with van der Waals surface area (Å²) in [6, 6.07) is -0.966. The highest BCUT2D eigenvalue weighted by Gasteiger charge is 2.43. The van der Waals surface area contributed by atoms with E-state index in [2.05, 4.69) is 10.6 Å². The zero-order chi connectivity index (χ0) is 14.2. The number of hydrogen-bond acceptors (Lipinski definition) is 2. The molecule has 0 bridgehead atoms. The third kappa shape index (κ3) is 3.85. The molecule has 2 aliphatic carbocycles. The summed E-state index contributed by atoms with van der Waals surface area (Å²) in [4.78, 5) is 23.2. The molecule has 0 heterocycles. The Bertz CT molecular complexity index is 355. The maximum absolute atomic E-state index is 12.0. The van der Waals surface area contributed by atoms with E-state index in [-0.39, 0.29) is 12.1 Å². The highest BCUT2D eigenvalue weighted by Crippen LogP contribution is 2.44. The van der Waals surface area contributed by atoms with E-state index < -0.39 is 17.4 Å². The van der Waals surface area contributed by atoms with Crippen molar-refractivity contribution in [1.82, 2.24) is 10.6 Å². The minimum atomic E-state index is -0.989. The van der Waals surface area contributed by atoms with Gasteiger partial charge in [0.15, 0.2) is 0 Å². The molecule has 5 heteroatoms. The fourth-order valence-corrected chi connectivity index (χ4v) is 2.50.